The third-order valence-corrected chi connectivity index (χ3v) is 3.35. The molecule has 1 rings (SSSR count). The number of carbonyl (C=O) groups excluding carboxylic acids is 1. The summed E-state index contributed by atoms with van der Waals surface area (Å²) in [5.41, 5.74) is 0. The molecule has 0 spiro atoms. The fraction of sp³-hybridized carbons (Fsp3) is 0.909. The van der Waals surface area contributed by atoms with Crippen LogP contribution >= 0.6 is 15.9 Å². The summed E-state index contributed by atoms with van der Waals surface area (Å²) in [6, 6.07) is 0.633. The lowest BCUT2D eigenvalue weighted by Crippen LogP contribution is -2.32. The van der Waals surface area contributed by atoms with Crippen LogP contribution in [0.2, 0.25) is 0 Å². The van der Waals surface area contributed by atoms with E-state index >= 15 is 0 Å². The summed E-state index contributed by atoms with van der Waals surface area (Å²) in [7, 11) is 0. The van der Waals surface area contributed by atoms with Crippen molar-refractivity contribution in [3.63, 3.8) is 0 Å². The summed E-state index contributed by atoms with van der Waals surface area (Å²) in [4.78, 5) is 13.7. The molecule has 1 heterocycles. The molecular weight excluding hydrogens is 256 g/mol. The molecule has 1 amide bonds. The maximum Gasteiger partial charge on any atom is 0.220 e. The van der Waals surface area contributed by atoms with Gasteiger partial charge in [-0.2, -0.15) is 0 Å². The molecule has 0 aliphatic carbocycles. The highest BCUT2D eigenvalue weighted by Gasteiger charge is 2.24. The normalized spacial score (nSPS) is 22.3. The number of likely N-dealkylation sites (tertiary alicyclic amines) is 1. The zero-order valence-corrected chi connectivity index (χ0v) is 11.2. The minimum atomic E-state index is 0.162. The van der Waals surface area contributed by atoms with E-state index in [9.17, 15) is 4.79 Å². The number of halogens is 1. The summed E-state index contributed by atoms with van der Waals surface area (Å²) in [6.07, 6.45) is 1.80. The molecule has 3 nitrogen and oxygen atoms in total. The SMILES string of the molecule is CC(C)N1CCC(CNC(=O)CCBr)C1. The van der Waals surface area contributed by atoms with Crippen LogP contribution in [-0.4, -0.2) is 41.8 Å². The average molecular weight is 277 g/mol. The first-order valence-electron chi connectivity index (χ1n) is 5.70. The Kier molecular flexibility index (Phi) is 5.61. The average Bonchev–Trinajstić information content (AvgIpc) is 2.63. The molecule has 15 heavy (non-hydrogen) atoms. The van der Waals surface area contributed by atoms with E-state index in [4.69, 9.17) is 0 Å². The zero-order chi connectivity index (χ0) is 11.3. The summed E-state index contributed by atoms with van der Waals surface area (Å²) in [5.74, 6) is 0.807. The molecule has 0 bridgehead atoms. The van der Waals surface area contributed by atoms with Gasteiger partial charge in [0.2, 0.25) is 5.91 Å². The number of nitrogens with one attached hydrogen (secondary N) is 1. The monoisotopic (exact) mass is 276 g/mol. The molecule has 1 fully saturated rings. The Labute approximate surface area is 101 Å². The molecule has 0 radical (unpaired) electrons. The van der Waals surface area contributed by atoms with E-state index in [1.165, 1.54) is 13.0 Å². The van der Waals surface area contributed by atoms with Crippen LogP contribution < -0.4 is 5.32 Å². The topological polar surface area (TPSA) is 32.3 Å². The van der Waals surface area contributed by atoms with Gasteiger partial charge in [0.25, 0.3) is 0 Å². The van der Waals surface area contributed by atoms with Gasteiger partial charge in [0.1, 0.15) is 0 Å². The molecule has 1 aliphatic heterocycles. The predicted octanol–water partition coefficient (Wildman–Crippen LogP) is 1.62. The second-order valence-corrected chi connectivity index (χ2v) is 5.28. The van der Waals surface area contributed by atoms with Crippen molar-refractivity contribution in [2.75, 3.05) is 25.0 Å². The number of hydrogen-bond acceptors (Lipinski definition) is 2. The second-order valence-electron chi connectivity index (χ2n) is 4.49. The fourth-order valence-electron chi connectivity index (χ4n) is 1.93. The third-order valence-electron chi connectivity index (χ3n) is 2.96. The van der Waals surface area contributed by atoms with Crippen molar-refractivity contribution >= 4 is 21.8 Å². The Hall–Kier alpha value is -0.0900. The van der Waals surface area contributed by atoms with E-state index in [-0.39, 0.29) is 5.91 Å². The van der Waals surface area contributed by atoms with Crippen LogP contribution in [0.1, 0.15) is 26.7 Å². The van der Waals surface area contributed by atoms with Crippen molar-refractivity contribution in [3.8, 4) is 0 Å². The molecule has 0 aromatic heterocycles. The van der Waals surface area contributed by atoms with Gasteiger partial charge in [-0.25, -0.2) is 0 Å². The van der Waals surface area contributed by atoms with Gasteiger partial charge in [-0.3, -0.25) is 4.79 Å². The highest BCUT2D eigenvalue weighted by Crippen LogP contribution is 2.17. The summed E-state index contributed by atoms with van der Waals surface area (Å²) in [6.45, 7) is 7.61. The highest BCUT2D eigenvalue weighted by atomic mass is 79.9. The Bertz CT molecular complexity index is 209. The molecule has 0 aromatic carbocycles. The standard InChI is InChI=1S/C11H21BrN2O/c1-9(2)14-6-4-10(8-14)7-13-11(15)3-5-12/h9-10H,3-8H2,1-2H3,(H,13,15). The van der Waals surface area contributed by atoms with E-state index in [0.29, 0.717) is 18.4 Å². The van der Waals surface area contributed by atoms with E-state index in [1.807, 2.05) is 0 Å². The molecule has 0 saturated carbocycles. The molecule has 1 aliphatic rings. The van der Waals surface area contributed by atoms with Crippen LogP contribution in [0, 0.1) is 5.92 Å². The van der Waals surface area contributed by atoms with Gasteiger partial charge in [-0.05, 0) is 32.7 Å². The van der Waals surface area contributed by atoms with Crippen molar-refractivity contribution in [1.29, 1.82) is 0 Å². The number of alkyl halides is 1. The second kappa shape index (κ2) is 6.48. The van der Waals surface area contributed by atoms with Crippen LogP contribution in [0.4, 0.5) is 0 Å². The number of hydrogen-bond donors (Lipinski definition) is 1. The largest absolute Gasteiger partial charge is 0.356 e. The lowest BCUT2D eigenvalue weighted by atomic mass is 10.1. The number of carbonyl (C=O) groups is 1. The summed E-state index contributed by atoms with van der Waals surface area (Å²) in [5, 5.41) is 3.74. The van der Waals surface area contributed by atoms with Crippen molar-refractivity contribution in [2.24, 2.45) is 5.92 Å². The third kappa shape index (κ3) is 4.51. The maximum atomic E-state index is 11.3. The summed E-state index contributed by atoms with van der Waals surface area (Å²) < 4.78 is 0. The number of rotatable bonds is 5. The highest BCUT2D eigenvalue weighted by molar-refractivity contribution is 9.09. The van der Waals surface area contributed by atoms with Crippen molar-refractivity contribution in [2.45, 2.75) is 32.7 Å². The molecular formula is C11H21BrN2O. The lowest BCUT2D eigenvalue weighted by Gasteiger charge is -2.20. The van der Waals surface area contributed by atoms with Crippen LogP contribution in [0.3, 0.4) is 0 Å². The van der Waals surface area contributed by atoms with E-state index < -0.39 is 0 Å². The Morgan fingerprint density at radius 1 is 1.60 bits per heavy atom. The van der Waals surface area contributed by atoms with Gasteiger partial charge >= 0.3 is 0 Å². The number of amides is 1. The first-order chi connectivity index (χ1) is 7.13. The molecule has 1 unspecified atom stereocenters. The van der Waals surface area contributed by atoms with E-state index in [2.05, 4.69) is 40.0 Å². The molecule has 1 N–H and O–H groups in total. The van der Waals surface area contributed by atoms with E-state index in [1.54, 1.807) is 0 Å². The predicted molar refractivity (Wildman–Crippen MR) is 66.2 cm³/mol. The van der Waals surface area contributed by atoms with Crippen molar-refractivity contribution in [1.82, 2.24) is 10.2 Å². The number of nitrogens with zero attached hydrogens (tertiary/aromatic N) is 1. The fourth-order valence-corrected chi connectivity index (χ4v) is 2.29. The zero-order valence-electron chi connectivity index (χ0n) is 9.63. The molecule has 1 saturated heterocycles. The van der Waals surface area contributed by atoms with Gasteiger partial charge in [0, 0.05) is 30.9 Å². The van der Waals surface area contributed by atoms with Crippen LogP contribution in [0.5, 0.6) is 0 Å². The molecule has 0 aromatic rings. The van der Waals surface area contributed by atoms with Crippen LogP contribution in [0.15, 0.2) is 0 Å². The van der Waals surface area contributed by atoms with Crippen LogP contribution in [0.25, 0.3) is 0 Å². The Morgan fingerprint density at radius 2 is 2.33 bits per heavy atom. The minimum Gasteiger partial charge on any atom is -0.356 e. The minimum absolute atomic E-state index is 0.162. The maximum absolute atomic E-state index is 11.3. The van der Waals surface area contributed by atoms with Gasteiger partial charge in [0.05, 0.1) is 0 Å². The Balaban J connectivity index is 2.16. The van der Waals surface area contributed by atoms with Crippen molar-refractivity contribution < 1.29 is 4.79 Å². The van der Waals surface area contributed by atoms with Gasteiger partial charge < -0.3 is 10.2 Å². The van der Waals surface area contributed by atoms with Gasteiger partial charge in [-0.15, -0.1) is 0 Å². The molecule has 88 valence electrons. The lowest BCUT2D eigenvalue weighted by molar-refractivity contribution is -0.120. The van der Waals surface area contributed by atoms with Gasteiger partial charge in [0.15, 0.2) is 0 Å². The first-order valence-corrected chi connectivity index (χ1v) is 6.82. The van der Waals surface area contributed by atoms with Crippen LogP contribution in [-0.2, 0) is 4.79 Å². The molecule has 4 heteroatoms. The Morgan fingerprint density at radius 3 is 2.87 bits per heavy atom. The smallest absolute Gasteiger partial charge is 0.220 e. The molecule has 1 atom stereocenters. The summed E-state index contributed by atoms with van der Waals surface area (Å²) >= 11 is 3.26. The van der Waals surface area contributed by atoms with Gasteiger partial charge in [-0.1, -0.05) is 15.9 Å². The van der Waals surface area contributed by atoms with Crippen molar-refractivity contribution in [3.05, 3.63) is 0 Å². The quantitative estimate of drug-likeness (QED) is 0.774. The van der Waals surface area contributed by atoms with E-state index in [0.717, 1.165) is 18.4 Å². The first kappa shape index (κ1) is 13.0.